The Labute approximate surface area is 197 Å². The van der Waals surface area contributed by atoms with E-state index in [1.807, 2.05) is 31.3 Å². The summed E-state index contributed by atoms with van der Waals surface area (Å²) in [5.41, 5.74) is 3.77. The number of carbonyl (C=O) groups is 1. The van der Waals surface area contributed by atoms with Crippen molar-refractivity contribution in [3.05, 3.63) is 90.1 Å². The molecule has 4 rings (SSSR count). The molecule has 1 heterocycles. The average Bonchev–Trinajstić information content (AvgIpc) is 3.17. The first-order valence-corrected chi connectivity index (χ1v) is 12.3. The summed E-state index contributed by atoms with van der Waals surface area (Å²) in [5, 5.41) is 8.08. The van der Waals surface area contributed by atoms with Crippen LogP contribution in [0.25, 0.3) is 28.1 Å². The van der Waals surface area contributed by atoms with Crippen molar-refractivity contribution >= 4 is 36.0 Å². The van der Waals surface area contributed by atoms with Crippen LogP contribution in [-0.2, 0) is 21.6 Å². The summed E-state index contributed by atoms with van der Waals surface area (Å²) in [6, 6.07) is 20.7. The second-order valence-corrected chi connectivity index (χ2v) is 10.8. The predicted molar refractivity (Wildman–Crippen MR) is 135 cm³/mol. The van der Waals surface area contributed by atoms with E-state index < -0.39 is 12.8 Å². The molecule has 7 nitrogen and oxygen atoms in total. The predicted octanol–water partition coefficient (Wildman–Crippen LogP) is 5.31. The number of nitrogens with one attached hydrogen (secondary N) is 1. The molecule has 0 unspecified atom stereocenters. The molecule has 34 heavy (non-hydrogen) atoms. The Kier molecular flexibility index (Phi) is 6.28. The number of aromatic nitrogens is 2. The van der Waals surface area contributed by atoms with Gasteiger partial charge in [0.15, 0.2) is 0 Å². The SMILES string of the molecule is Cn1ncc(C=CC(=O)Nc2ccc(C(C)(C)P(=O)(O)O)cc2)c1-c1cccc2ccccc12. The Morgan fingerprint density at radius 3 is 2.41 bits per heavy atom. The molecule has 0 saturated heterocycles. The minimum absolute atomic E-state index is 0.324. The van der Waals surface area contributed by atoms with Crippen molar-refractivity contribution in [3.63, 3.8) is 0 Å². The largest absolute Gasteiger partial charge is 0.335 e. The van der Waals surface area contributed by atoms with Crippen LogP contribution in [0.5, 0.6) is 0 Å². The number of benzene rings is 3. The van der Waals surface area contributed by atoms with Crippen molar-refractivity contribution in [1.29, 1.82) is 0 Å². The summed E-state index contributed by atoms with van der Waals surface area (Å²) in [5.74, 6) is -0.324. The van der Waals surface area contributed by atoms with Gasteiger partial charge in [-0.05, 0) is 48.4 Å². The third-order valence-electron chi connectivity index (χ3n) is 6.01. The Morgan fingerprint density at radius 1 is 1.03 bits per heavy atom. The molecule has 0 aliphatic heterocycles. The van der Waals surface area contributed by atoms with E-state index in [0.29, 0.717) is 11.3 Å². The lowest BCUT2D eigenvalue weighted by Gasteiger charge is -2.26. The van der Waals surface area contributed by atoms with Gasteiger partial charge in [-0.1, -0.05) is 54.6 Å². The molecule has 0 radical (unpaired) electrons. The maximum Gasteiger partial charge on any atom is 0.335 e. The molecule has 0 aliphatic rings. The Morgan fingerprint density at radius 2 is 1.71 bits per heavy atom. The van der Waals surface area contributed by atoms with Gasteiger partial charge in [-0.3, -0.25) is 14.0 Å². The van der Waals surface area contributed by atoms with Crippen LogP contribution in [0.1, 0.15) is 25.0 Å². The van der Waals surface area contributed by atoms with E-state index in [1.54, 1.807) is 41.2 Å². The smallest absolute Gasteiger partial charge is 0.324 e. The van der Waals surface area contributed by atoms with Gasteiger partial charge >= 0.3 is 7.60 Å². The molecule has 3 N–H and O–H groups in total. The summed E-state index contributed by atoms with van der Waals surface area (Å²) in [6.45, 7) is 2.98. The van der Waals surface area contributed by atoms with Crippen LogP contribution in [0.4, 0.5) is 5.69 Å². The van der Waals surface area contributed by atoms with Crippen molar-refractivity contribution in [2.45, 2.75) is 19.0 Å². The number of carbonyl (C=O) groups excluding carboxylic acids is 1. The van der Waals surface area contributed by atoms with Crippen LogP contribution >= 0.6 is 7.60 Å². The molecule has 0 saturated carbocycles. The normalized spacial score (nSPS) is 12.4. The van der Waals surface area contributed by atoms with Crippen molar-refractivity contribution < 1.29 is 19.1 Å². The fourth-order valence-electron chi connectivity index (χ4n) is 3.82. The molecular formula is C26H26N3O4P. The number of fused-ring (bicyclic) bond motifs is 1. The third-order valence-corrected chi connectivity index (χ3v) is 7.73. The lowest BCUT2D eigenvalue weighted by molar-refractivity contribution is -0.111. The number of nitrogens with zero attached hydrogens (tertiary/aromatic N) is 2. The van der Waals surface area contributed by atoms with E-state index in [-0.39, 0.29) is 5.91 Å². The highest BCUT2D eigenvalue weighted by atomic mass is 31.2. The van der Waals surface area contributed by atoms with E-state index in [4.69, 9.17) is 0 Å². The van der Waals surface area contributed by atoms with Gasteiger partial charge in [0.1, 0.15) is 0 Å². The van der Waals surface area contributed by atoms with Gasteiger partial charge in [0.2, 0.25) is 5.91 Å². The van der Waals surface area contributed by atoms with E-state index >= 15 is 0 Å². The first-order valence-electron chi connectivity index (χ1n) is 10.7. The van der Waals surface area contributed by atoms with E-state index in [2.05, 4.69) is 28.6 Å². The highest BCUT2D eigenvalue weighted by molar-refractivity contribution is 7.53. The topological polar surface area (TPSA) is 104 Å². The summed E-state index contributed by atoms with van der Waals surface area (Å²) < 4.78 is 13.5. The number of anilines is 1. The molecule has 3 aromatic carbocycles. The maximum atomic E-state index is 12.5. The quantitative estimate of drug-likeness (QED) is 0.259. The van der Waals surface area contributed by atoms with E-state index in [0.717, 1.165) is 27.6 Å². The van der Waals surface area contributed by atoms with Crippen molar-refractivity contribution in [3.8, 4) is 11.3 Å². The standard InChI is InChI=1S/C26H26N3O4P/c1-26(2,34(31,32)33)20-12-14-21(15-13-20)28-24(30)16-11-19-17-27-29(3)25(19)23-10-6-8-18-7-4-5-9-22(18)23/h4-17H,1-3H3,(H,28,30)(H2,31,32,33). The van der Waals surface area contributed by atoms with Crippen LogP contribution in [-0.4, -0.2) is 25.5 Å². The zero-order valence-electron chi connectivity index (χ0n) is 19.1. The Bertz CT molecular complexity index is 1430. The van der Waals surface area contributed by atoms with Crippen molar-refractivity contribution in [2.24, 2.45) is 7.05 Å². The lowest BCUT2D eigenvalue weighted by Crippen LogP contribution is -2.17. The molecular weight excluding hydrogens is 449 g/mol. The number of aryl methyl sites for hydroxylation is 1. The first kappa shape index (κ1) is 23.6. The second-order valence-electron chi connectivity index (χ2n) is 8.60. The monoisotopic (exact) mass is 475 g/mol. The molecule has 4 aromatic rings. The summed E-state index contributed by atoms with van der Waals surface area (Å²) >= 11 is 0. The van der Waals surface area contributed by atoms with Gasteiger partial charge in [0, 0.05) is 29.9 Å². The van der Waals surface area contributed by atoms with Gasteiger partial charge in [-0.25, -0.2) is 0 Å². The van der Waals surface area contributed by atoms with Crippen LogP contribution in [0.15, 0.2) is 79.0 Å². The fraction of sp³-hybridized carbons (Fsp3) is 0.154. The number of rotatable bonds is 6. The molecule has 1 aromatic heterocycles. The van der Waals surface area contributed by atoms with Gasteiger partial charge in [-0.15, -0.1) is 0 Å². The highest BCUT2D eigenvalue weighted by Crippen LogP contribution is 2.56. The molecule has 1 amide bonds. The lowest BCUT2D eigenvalue weighted by atomic mass is 9.99. The van der Waals surface area contributed by atoms with E-state index in [1.165, 1.54) is 19.9 Å². The summed E-state index contributed by atoms with van der Waals surface area (Å²) in [7, 11) is -2.46. The van der Waals surface area contributed by atoms with Gasteiger partial charge in [0.05, 0.1) is 17.0 Å². The van der Waals surface area contributed by atoms with E-state index in [9.17, 15) is 19.1 Å². The zero-order chi connectivity index (χ0) is 24.5. The average molecular weight is 475 g/mol. The molecule has 0 aliphatic carbocycles. The molecule has 0 atom stereocenters. The molecule has 0 bridgehead atoms. The molecule has 0 fully saturated rings. The Hall–Kier alpha value is -3.51. The second kappa shape index (κ2) is 9.03. The Balaban J connectivity index is 1.55. The number of hydrogen-bond donors (Lipinski definition) is 3. The zero-order valence-corrected chi connectivity index (χ0v) is 20.0. The van der Waals surface area contributed by atoms with Crippen LogP contribution in [0.3, 0.4) is 0 Å². The summed E-state index contributed by atoms with van der Waals surface area (Å²) in [4.78, 5) is 31.7. The first-order chi connectivity index (χ1) is 16.1. The maximum absolute atomic E-state index is 12.5. The minimum Gasteiger partial charge on any atom is -0.324 e. The molecule has 0 spiro atoms. The highest BCUT2D eigenvalue weighted by Gasteiger charge is 2.39. The van der Waals surface area contributed by atoms with Crippen molar-refractivity contribution in [1.82, 2.24) is 9.78 Å². The molecule has 8 heteroatoms. The third kappa shape index (κ3) is 4.59. The van der Waals surface area contributed by atoms with Gasteiger partial charge < -0.3 is 15.1 Å². The molecule has 174 valence electrons. The number of hydrogen-bond acceptors (Lipinski definition) is 3. The number of amides is 1. The summed E-state index contributed by atoms with van der Waals surface area (Å²) in [6.07, 6.45) is 4.89. The van der Waals surface area contributed by atoms with Crippen LogP contribution in [0, 0.1) is 0 Å². The fourth-order valence-corrected chi connectivity index (χ4v) is 4.30. The van der Waals surface area contributed by atoms with Gasteiger partial charge in [0.25, 0.3) is 0 Å². The van der Waals surface area contributed by atoms with Crippen molar-refractivity contribution in [2.75, 3.05) is 5.32 Å². The van der Waals surface area contributed by atoms with Crippen LogP contribution < -0.4 is 5.32 Å². The van der Waals surface area contributed by atoms with Gasteiger partial charge in [-0.2, -0.15) is 5.10 Å². The van der Waals surface area contributed by atoms with Crippen LogP contribution in [0.2, 0.25) is 0 Å². The minimum atomic E-state index is -4.33.